The second kappa shape index (κ2) is 7.56. The fourth-order valence-corrected chi connectivity index (χ4v) is 5.52. The molecule has 3 heterocycles. The molecule has 2 aromatic rings. The Kier molecular flexibility index (Phi) is 4.85. The summed E-state index contributed by atoms with van der Waals surface area (Å²) in [5.74, 6) is 0.0379. The van der Waals surface area contributed by atoms with Crippen molar-refractivity contribution in [3.05, 3.63) is 59.4 Å². The summed E-state index contributed by atoms with van der Waals surface area (Å²) in [6.07, 6.45) is 0.931. The summed E-state index contributed by atoms with van der Waals surface area (Å²) in [6.45, 7) is -0.116. The Balaban J connectivity index is 1.34. The molecule has 7 nitrogen and oxygen atoms in total. The third-order valence-electron chi connectivity index (χ3n) is 5.91. The first-order valence-corrected chi connectivity index (χ1v) is 11.0. The summed E-state index contributed by atoms with van der Waals surface area (Å²) in [5, 5.41) is 5.65. The molecule has 2 N–H and O–H groups in total. The first kappa shape index (κ1) is 19.9. The van der Waals surface area contributed by atoms with Crippen molar-refractivity contribution < 1.29 is 23.5 Å². The maximum absolute atomic E-state index is 13.7. The van der Waals surface area contributed by atoms with Crippen molar-refractivity contribution in [2.45, 2.75) is 29.3 Å². The van der Waals surface area contributed by atoms with E-state index in [4.69, 9.17) is 4.74 Å². The molecule has 1 spiro atoms. The molecule has 3 aliphatic heterocycles. The number of para-hydroxylation sites is 1. The number of amides is 4. The van der Waals surface area contributed by atoms with Crippen molar-refractivity contribution in [1.82, 2.24) is 15.5 Å². The molecular formula is C22H20FN3O4S. The van der Waals surface area contributed by atoms with Gasteiger partial charge in [-0.25, -0.2) is 9.18 Å². The summed E-state index contributed by atoms with van der Waals surface area (Å²) in [4.78, 5) is 40.6. The number of nitrogens with one attached hydrogen (secondary N) is 2. The van der Waals surface area contributed by atoms with E-state index in [-0.39, 0.29) is 18.5 Å². The van der Waals surface area contributed by atoms with Crippen LogP contribution < -0.4 is 15.4 Å². The van der Waals surface area contributed by atoms with E-state index < -0.39 is 29.9 Å². The number of carbonyl (C=O) groups excluding carboxylic acids is 3. The molecule has 0 unspecified atom stereocenters. The van der Waals surface area contributed by atoms with Gasteiger partial charge in [-0.15, -0.1) is 11.8 Å². The second-order valence-electron chi connectivity index (χ2n) is 7.76. The van der Waals surface area contributed by atoms with Crippen molar-refractivity contribution in [3.8, 4) is 5.75 Å². The highest BCUT2D eigenvalue weighted by Crippen LogP contribution is 2.41. The summed E-state index contributed by atoms with van der Waals surface area (Å²) >= 11 is 1.61. The molecule has 2 aromatic carbocycles. The molecule has 1 saturated heterocycles. The van der Waals surface area contributed by atoms with Crippen molar-refractivity contribution >= 4 is 29.6 Å². The molecule has 0 aromatic heterocycles. The molecule has 1 fully saturated rings. The Labute approximate surface area is 182 Å². The molecule has 5 rings (SSSR count). The van der Waals surface area contributed by atoms with Gasteiger partial charge in [0.15, 0.2) is 5.54 Å². The predicted octanol–water partition coefficient (Wildman–Crippen LogP) is 2.71. The summed E-state index contributed by atoms with van der Waals surface area (Å²) < 4.78 is 19.3. The lowest BCUT2D eigenvalue weighted by Gasteiger charge is -2.33. The zero-order valence-electron chi connectivity index (χ0n) is 16.5. The average molecular weight is 441 g/mol. The number of fused-ring (bicyclic) bond motifs is 3. The van der Waals surface area contributed by atoms with Crippen molar-refractivity contribution in [1.29, 1.82) is 0 Å². The van der Waals surface area contributed by atoms with Gasteiger partial charge >= 0.3 is 6.03 Å². The number of nitrogens with zero attached hydrogens (tertiary/aromatic N) is 1. The molecule has 3 aliphatic rings. The van der Waals surface area contributed by atoms with Gasteiger partial charge in [0.1, 0.15) is 18.1 Å². The fourth-order valence-electron chi connectivity index (χ4n) is 4.41. The number of imide groups is 1. The fraction of sp³-hybridized carbons (Fsp3) is 0.318. The lowest BCUT2D eigenvalue weighted by molar-refractivity contribution is -0.136. The second-order valence-corrected chi connectivity index (χ2v) is 8.90. The Morgan fingerprint density at radius 2 is 2.13 bits per heavy atom. The van der Waals surface area contributed by atoms with Crippen LogP contribution in [0.25, 0.3) is 0 Å². The Hall–Kier alpha value is -3.07. The molecule has 0 bridgehead atoms. The van der Waals surface area contributed by atoms with Crippen molar-refractivity contribution in [2.75, 3.05) is 18.9 Å². The third kappa shape index (κ3) is 3.33. The number of carbonyl (C=O) groups is 3. The van der Waals surface area contributed by atoms with E-state index in [0.717, 1.165) is 21.1 Å². The van der Waals surface area contributed by atoms with E-state index in [0.29, 0.717) is 24.2 Å². The van der Waals surface area contributed by atoms with Crippen LogP contribution in [0.2, 0.25) is 0 Å². The van der Waals surface area contributed by atoms with Crippen LogP contribution in [0.3, 0.4) is 0 Å². The third-order valence-corrected chi connectivity index (χ3v) is 7.03. The minimum absolute atomic E-state index is 0.283. The smallest absolute Gasteiger partial charge is 0.325 e. The topological polar surface area (TPSA) is 87.7 Å². The quantitative estimate of drug-likeness (QED) is 0.716. The minimum Gasteiger partial charge on any atom is -0.493 e. The molecule has 9 heteroatoms. The van der Waals surface area contributed by atoms with Crippen LogP contribution in [0, 0.1) is 5.82 Å². The van der Waals surface area contributed by atoms with Gasteiger partial charge < -0.3 is 15.4 Å². The Bertz CT molecular complexity index is 1090. The number of benzene rings is 2. The minimum atomic E-state index is -1.22. The molecule has 31 heavy (non-hydrogen) atoms. The summed E-state index contributed by atoms with van der Waals surface area (Å²) in [5.41, 5.74) is 0.0940. The molecule has 0 radical (unpaired) electrons. The van der Waals surface area contributed by atoms with Gasteiger partial charge in [-0.3, -0.25) is 14.5 Å². The monoisotopic (exact) mass is 441 g/mol. The molecule has 0 saturated carbocycles. The number of hydrogen-bond donors (Lipinski definition) is 2. The number of thioether (sulfide) groups is 1. The number of ether oxygens (including phenoxy) is 1. The van der Waals surface area contributed by atoms with Crippen molar-refractivity contribution in [3.63, 3.8) is 0 Å². The number of hydrogen-bond acceptors (Lipinski definition) is 5. The molecule has 160 valence electrons. The van der Waals surface area contributed by atoms with Crippen LogP contribution in [0.5, 0.6) is 5.75 Å². The van der Waals surface area contributed by atoms with Gasteiger partial charge in [0.05, 0.1) is 12.6 Å². The van der Waals surface area contributed by atoms with E-state index in [1.54, 1.807) is 42.1 Å². The van der Waals surface area contributed by atoms with Gasteiger partial charge in [0.25, 0.3) is 5.91 Å². The predicted molar refractivity (Wildman–Crippen MR) is 111 cm³/mol. The van der Waals surface area contributed by atoms with Gasteiger partial charge in [-0.1, -0.05) is 18.2 Å². The lowest BCUT2D eigenvalue weighted by atomic mass is 9.84. The molecule has 2 atom stereocenters. The Morgan fingerprint density at radius 1 is 1.29 bits per heavy atom. The zero-order chi connectivity index (χ0) is 21.6. The van der Waals surface area contributed by atoms with Crippen LogP contribution in [0.15, 0.2) is 47.4 Å². The first-order chi connectivity index (χ1) is 15.0. The first-order valence-electron chi connectivity index (χ1n) is 10.1. The van der Waals surface area contributed by atoms with Gasteiger partial charge in [0.2, 0.25) is 5.91 Å². The number of rotatable bonds is 3. The highest BCUT2D eigenvalue weighted by atomic mass is 32.2. The van der Waals surface area contributed by atoms with Crippen LogP contribution in [-0.4, -0.2) is 41.6 Å². The average Bonchev–Trinajstić information content (AvgIpc) is 2.99. The van der Waals surface area contributed by atoms with E-state index in [2.05, 4.69) is 10.6 Å². The molecule has 4 amide bonds. The van der Waals surface area contributed by atoms with E-state index in [1.165, 1.54) is 12.1 Å². The van der Waals surface area contributed by atoms with E-state index >= 15 is 0 Å². The van der Waals surface area contributed by atoms with Gasteiger partial charge in [0, 0.05) is 22.6 Å². The zero-order valence-corrected chi connectivity index (χ0v) is 17.3. The summed E-state index contributed by atoms with van der Waals surface area (Å²) in [7, 11) is 0. The number of halogens is 1. The standard InChI is InChI=1S/C22H20FN3O4S/c23-13-5-6-18-14(11-13)16(7-10-31-18)24-19(27)12-26-20(28)22(25-21(26)29)8-9-30-17-4-2-1-3-15(17)22/h1-6,11,16H,7-10,12H2,(H,24,27)(H,25,29)/t16-,22+/m0/s1. The van der Waals surface area contributed by atoms with E-state index in [1.807, 2.05) is 0 Å². The maximum Gasteiger partial charge on any atom is 0.325 e. The maximum atomic E-state index is 13.7. The van der Waals surface area contributed by atoms with E-state index in [9.17, 15) is 18.8 Å². The van der Waals surface area contributed by atoms with Crippen molar-refractivity contribution in [2.24, 2.45) is 0 Å². The van der Waals surface area contributed by atoms with Crippen LogP contribution in [0.4, 0.5) is 9.18 Å². The number of urea groups is 1. The Morgan fingerprint density at radius 3 is 3.00 bits per heavy atom. The SMILES string of the molecule is O=C(CN1C(=O)N[C@@]2(CCOc3ccccc32)C1=O)N[C@H]1CCSc2ccc(F)cc21. The van der Waals surface area contributed by atoms with Crippen LogP contribution in [0.1, 0.15) is 30.0 Å². The highest BCUT2D eigenvalue weighted by Gasteiger charge is 2.55. The highest BCUT2D eigenvalue weighted by molar-refractivity contribution is 7.99. The largest absolute Gasteiger partial charge is 0.493 e. The normalized spacial score (nSPS) is 24.3. The lowest BCUT2D eigenvalue weighted by Crippen LogP contribution is -2.48. The molecule has 0 aliphatic carbocycles. The molecular weight excluding hydrogens is 421 g/mol. The van der Waals surface area contributed by atoms with Crippen LogP contribution in [-0.2, 0) is 15.1 Å². The van der Waals surface area contributed by atoms with Crippen LogP contribution >= 0.6 is 11.8 Å². The van der Waals surface area contributed by atoms with Gasteiger partial charge in [-0.05, 0) is 36.2 Å². The van der Waals surface area contributed by atoms with Gasteiger partial charge in [-0.2, -0.15) is 0 Å². The summed E-state index contributed by atoms with van der Waals surface area (Å²) in [6, 6.07) is 10.6.